The molecule has 0 atom stereocenters. The molecule has 8 nitrogen and oxygen atoms in total. The Morgan fingerprint density at radius 1 is 0.750 bits per heavy atom. The molecule has 28 heavy (non-hydrogen) atoms. The van der Waals surface area contributed by atoms with Gasteiger partial charge in [-0.3, -0.25) is 20.4 Å². The van der Waals surface area contributed by atoms with E-state index in [9.17, 15) is 9.59 Å². The minimum absolute atomic E-state index is 0.0345. The molecule has 8 heteroatoms. The van der Waals surface area contributed by atoms with Gasteiger partial charge in [-0.15, -0.1) is 0 Å². The monoisotopic (exact) mass is 388 g/mol. The zero-order valence-electron chi connectivity index (χ0n) is 16.5. The summed E-state index contributed by atoms with van der Waals surface area (Å²) in [5, 5.41) is 0. The van der Waals surface area contributed by atoms with Crippen molar-refractivity contribution in [3.05, 3.63) is 47.5 Å². The normalized spacial score (nSPS) is 10.2. The molecule has 0 aliphatic carbocycles. The summed E-state index contributed by atoms with van der Waals surface area (Å²) in [6.45, 7) is 3.78. The van der Waals surface area contributed by atoms with Gasteiger partial charge in [-0.05, 0) is 44.2 Å². The second-order valence-corrected chi connectivity index (χ2v) is 6.04. The molecule has 2 N–H and O–H groups in total. The van der Waals surface area contributed by atoms with Crippen molar-refractivity contribution in [1.82, 2.24) is 10.9 Å². The number of ether oxygens (including phenoxy) is 4. The van der Waals surface area contributed by atoms with Crippen LogP contribution in [0.5, 0.6) is 23.0 Å². The third-order valence-electron chi connectivity index (χ3n) is 3.69. The van der Waals surface area contributed by atoms with Gasteiger partial charge in [0.2, 0.25) is 0 Å². The van der Waals surface area contributed by atoms with Gasteiger partial charge in [-0.1, -0.05) is 0 Å². The maximum absolute atomic E-state index is 12.4. The first kappa shape index (κ1) is 20.9. The van der Waals surface area contributed by atoms with Gasteiger partial charge in [-0.2, -0.15) is 0 Å². The lowest BCUT2D eigenvalue weighted by Gasteiger charge is -2.14. The molecular formula is C20H24N2O6. The van der Waals surface area contributed by atoms with Crippen molar-refractivity contribution < 1.29 is 28.5 Å². The van der Waals surface area contributed by atoms with Gasteiger partial charge in [0.05, 0.1) is 27.4 Å². The second kappa shape index (κ2) is 9.50. The minimum Gasteiger partial charge on any atom is -0.497 e. The van der Waals surface area contributed by atoms with Crippen LogP contribution in [0.1, 0.15) is 34.6 Å². The summed E-state index contributed by atoms with van der Waals surface area (Å²) in [5.41, 5.74) is 5.30. The fourth-order valence-electron chi connectivity index (χ4n) is 2.36. The van der Waals surface area contributed by atoms with Gasteiger partial charge in [0.1, 0.15) is 11.5 Å². The Hall–Kier alpha value is -3.42. The summed E-state index contributed by atoms with van der Waals surface area (Å²) in [6.07, 6.45) is -0.0345. The lowest BCUT2D eigenvalue weighted by Crippen LogP contribution is -2.41. The van der Waals surface area contributed by atoms with Crippen molar-refractivity contribution in [3.8, 4) is 23.0 Å². The first-order chi connectivity index (χ1) is 13.4. The van der Waals surface area contributed by atoms with Gasteiger partial charge >= 0.3 is 0 Å². The highest BCUT2D eigenvalue weighted by molar-refractivity contribution is 5.99. The summed E-state index contributed by atoms with van der Waals surface area (Å²) in [6, 6.07) is 9.46. The molecule has 150 valence electrons. The largest absolute Gasteiger partial charge is 0.497 e. The Labute approximate surface area is 163 Å². The van der Waals surface area contributed by atoms with E-state index in [1.165, 1.54) is 39.5 Å². The third kappa shape index (κ3) is 5.29. The Bertz CT molecular complexity index is 828. The van der Waals surface area contributed by atoms with Crippen LogP contribution >= 0.6 is 0 Å². The highest BCUT2D eigenvalue weighted by Gasteiger charge is 2.14. The van der Waals surface area contributed by atoms with Crippen molar-refractivity contribution in [1.29, 1.82) is 0 Å². The number of benzene rings is 2. The zero-order chi connectivity index (χ0) is 20.7. The third-order valence-corrected chi connectivity index (χ3v) is 3.69. The van der Waals surface area contributed by atoms with Crippen LogP contribution in [0.3, 0.4) is 0 Å². The highest BCUT2D eigenvalue weighted by atomic mass is 16.5. The molecule has 0 aliphatic heterocycles. The van der Waals surface area contributed by atoms with Crippen LogP contribution in [0.2, 0.25) is 0 Å². The van der Waals surface area contributed by atoms with E-state index in [1.807, 2.05) is 13.8 Å². The summed E-state index contributed by atoms with van der Waals surface area (Å²) >= 11 is 0. The molecule has 0 radical (unpaired) electrons. The average molecular weight is 388 g/mol. The van der Waals surface area contributed by atoms with E-state index in [1.54, 1.807) is 18.2 Å². The molecule has 0 unspecified atom stereocenters. The van der Waals surface area contributed by atoms with E-state index >= 15 is 0 Å². The number of hydrogen-bond donors (Lipinski definition) is 2. The zero-order valence-corrected chi connectivity index (χ0v) is 16.5. The molecule has 0 bridgehead atoms. The van der Waals surface area contributed by atoms with Crippen LogP contribution in [0.15, 0.2) is 36.4 Å². The fraction of sp³-hybridized carbons (Fsp3) is 0.300. The molecule has 0 aromatic heterocycles. The Morgan fingerprint density at radius 2 is 1.32 bits per heavy atom. The molecule has 0 saturated heterocycles. The second-order valence-electron chi connectivity index (χ2n) is 6.04. The molecule has 0 heterocycles. The lowest BCUT2D eigenvalue weighted by molar-refractivity contribution is 0.0846. The smallest absolute Gasteiger partial charge is 0.269 e. The SMILES string of the molecule is COc1cc(OC)cc(C(=O)NNC(=O)c2ccc(OC(C)C)c(OC)c2)c1. The Balaban J connectivity index is 2.08. The predicted octanol–water partition coefficient (Wildman–Crippen LogP) is 2.57. The van der Waals surface area contributed by atoms with Crippen molar-refractivity contribution in [2.45, 2.75) is 20.0 Å². The summed E-state index contributed by atoms with van der Waals surface area (Å²) in [7, 11) is 4.46. The summed E-state index contributed by atoms with van der Waals surface area (Å²) < 4.78 is 21.2. The standard InChI is InChI=1S/C20H24N2O6/c1-12(2)28-17-7-6-13(10-18(17)27-5)19(23)21-22-20(24)14-8-15(25-3)11-16(9-14)26-4/h6-12H,1-5H3,(H,21,23)(H,22,24). The van der Waals surface area contributed by atoms with Crippen LogP contribution in [0.25, 0.3) is 0 Å². The number of nitrogens with one attached hydrogen (secondary N) is 2. The topological polar surface area (TPSA) is 95.1 Å². The molecule has 0 aliphatic rings. The Morgan fingerprint density at radius 3 is 1.82 bits per heavy atom. The van der Waals surface area contributed by atoms with Crippen molar-refractivity contribution in [2.24, 2.45) is 0 Å². The number of carbonyl (C=O) groups excluding carboxylic acids is 2. The van der Waals surface area contributed by atoms with Crippen LogP contribution < -0.4 is 29.8 Å². The van der Waals surface area contributed by atoms with E-state index in [4.69, 9.17) is 18.9 Å². The number of amides is 2. The average Bonchev–Trinajstić information content (AvgIpc) is 2.70. The number of rotatable bonds is 7. The molecule has 0 saturated carbocycles. The van der Waals surface area contributed by atoms with Crippen molar-refractivity contribution in [3.63, 3.8) is 0 Å². The van der Waals surface area contributed by atoms with E-state index in [0.717, 1.165) is 0 Å². The highest BCUT2D eigenvalue weighted by Crippen LogP contribution is 2.29. The quantitative estimate of drug-likeness (QED) is 0.708. The first-order valence-corrected chi connectivity index (χ1v) is 8.56. The van der Waals surface area contributed by atoms with E-state index < -0.39 is 11.8 Å². The van der Waals surface area contributed by atoms with Gasteiger partial charge in [0.25, 0.3) is 11.8 Å². The maximum atomic E-state index is 12.4. The first-order valence-electron chi connectivity index (χ1n) is 8.56. The van der Waals surface area contributed by atoms with Crippen LogP contribution in [-0.4, -0.2) is 39.2 Å². The number of methoxy groups -OCH3 is 3. The molecule has 0 fully saturated rings. The molecule has 0 spiro atoms. The fourth-order valence-corrected chi connectivity index (χ4v) is 2.36. The summed E-state index contributed by atoms with van der Waals surface area (Å²) in [4.78, 5) is 24.7. The number of carbonyl (C=O) groups is 2. The van der Waals surface area contributed by atoms with Crippen LogP contribution in [0, 0.1) is 0 Å². The van der Waals surface area contributed by atoms with Crippen molar-refractivity contribution in [2.75, 3.05) is 21.3 Å². The number of hydrogen-bond acceptors (Lipinski definition) is 6. The Kier molecular flexibility index (Phi) is 7.08. The molecule has 2 aromatic carbocycles. The molecular weight excluding hydrogens is 364 g/mol. The summed E-state index contributed by atoms with van der Waals surface area (Å²) in [5.74, 6) is 0.851. The van der Waals surface area contributed by atoms with Gasteiger partial charge in [-0.25, -0.2) is 0 Å². The maximum Gasteiger partial charge on any atom is 0.269 e. The van der Waals surface area contributed by atoms with Gasteiger partial charge < -0.3 is 18.9 Å². The molecule has 2 amide bonds. The predicted molar refractivity (Wildman–Crippen MR) is 103 cm³/mol. The van der Waals surface area contributed by atoms with Gasteiger partial charge in [0.15, 0.2) is 11.5 Å². The van der Waals surface area contributed by atoms with Crippen LogP contribution in [-0.2, 0) is 0 Å². The van der Waals surface area contributed by atoms with Gasteiger partial charge in [0, 0.05) is 17.2 Å². The molecule has 2 aromatic rings. The van der Waals surface area contributed by atoms with Crippen LogP contribution in [0.4, 0.5) is 0 Å². The molecule has 2 rings (SSSR count). The van der Waals surface area contributed by atoms with Crippen molar-refractivity contribution >= 4 is 11.8 Å². The van der Waals surface area contributed by atoms with E-state index in [0.29, 0.717) is 28.6 Å². The van der Waals surface area contributed by atoms with E-state index in [2.05, 4.69) is 10.9 Å². The number of hydrazine groups is 1. The van der Waals surface area contributed by atoms with E-state index in [-0.39, 0.29) is 11.7 Å². The lowest BCUT2D eigenvalue weighted by atomic mass is 10.2. The minimum atomic E-state index is -0.516.